The summed E-state index contributed by atoms with van der Waals surface area (Å²) >= 11 is 3.51. The molecule has 18 heavy (non-hydrogen) atoms. The van der Waals surface area contributed by atoms with Gasteiger partial charge in [0.1, 0.15) is 5.82 Å². The van der Waals surface area contributed by atoms with Gasteiger partial charge in [0.05, 0.1) is 0 Å². The molecule has 1 nitrogen and oxygen atoms in total. The summed E-state index contributed by atoms with van der Waals surface area (Å²) < 4.78 is 13.9. The predicted octanol–water partition coefficient (Wildman–Crippen LogP) is 5.07. The highest BCUT2D eigenvalue weighted by molar-refractivity contribution is 9.10. The Bertz CT molecular complexity index is 537. The Morgan fingerprint density at radius 2 is 1.78 bits per heavy atom. The molecule has 0 amide bonds. The standard InChI is InChI=1S/C15H15BrFN/c1-10-3-8-14(9-15(10)16)18-11(2)12-4-6-13(17)7-5-12/h3-9,11,18H,1-2H3. The Hall–Kier alpha value is -1.35. The molecule has 0 spiro atoms. The van der Waals surface area contributed by atoms with Crippen LogP contribution in [0, 0.1) is 12.7 Å². The predicted molar refractivity (Wildman–Crippen MR) is 77.3 cm³/mol. The zero-order valence-electron chi connectivity index (χ0n) is 10.4. The van der Waals surface area contributed by atoms with Gasteiger partial charge in [-0.25, -0.2) is 4.39 Å². The maximum Gasteiger partial charge on any atom is 0.123 e. The van der Waals surface area contributed by atoms with E-state index in [0.29, 0.717) is 0 Å². The third-order valence-corrected chi connectivity index (χ3v) is 3.78. The lowest BCUT2D eigenvalue weighted by atomic mass is 10.1. The SMILES string of the molecule is Cc1ccc(NC(C)c2ccc(F)cc2)cc1Br. The second-order valence-electron chi connectivity index (χ2n) is 4.38. The number of benzene rings is 2. The average molecular weight is 308 g/mol. The van der Waals surface area contributed by atoms with Crippen LogP contribution < -0.4 is 5.32 Å². The van der Waals surface area contributed by atoms with Crippen LogP contribution in [0.2, 0.25) is 0 Å². The molecule has 1 unspecified atom stereocenters. The van der Waals surface area contributed by atoms with Crippen molar-refractivity contribution in [2.75, 3.05) is 5.32 Å². The first kappa shape index (κ1) is 13.1. The lowest BCUT2D eigenvalue weighted by molar-refractivity contribution is 0.626. The van der Waals surface area contributed by atoms with Gasteiger partial charge < -0.3 is 5.32 Å². The Morgan fingerprint density at radius 1 is 1.11 bits per heavy atom. The number of aryl methyl sites for hydroxylation is 1. The van der Waals surface area contributed by atoms with Crippen LogP contribution in [0.25, 0.3) is 0 Å². The molecule has 0 saturated heterocycles. The van der Waals surface area contributed by atoms with Gasteiger partial charge in [-0.15, -0.1) is 0 Å². The minimum Gasteiger partial charge on any atom is -0.378 e. The zero-order valence-corrected chi connectivity index (χ0v) is 12.0. The smallest absolute Gasteiger partial charge is 0.123 e. The first-order chi connectivity index (χ1) is 8.56. The lowest BCUT2D eigenvalue weighted by Crippen LogP contribution is -2.06. The normalized spacial score (nSPS) is 12.2. The van der Waals surface area contributed by atoms with E-state index < -0.39 is 0 Å². The molecule has 1 N–H and O–H groups in total. The van der Waals surface area contributed by atoms with Gasteiger partial charge in [0.25, 0.3) is 0 Å². The summed E-state index contributed by atoms with van der Waals surface area (Å²) in [6.45, 7) is 4.11. The molecular weight excluding hydrogens is 293 g/mol. The molecule has 0 fully saturated rings. The van der Waals surface area contributed by atoms with Gasteiger partial charge in [0.15, 0.2) is 0 Å². The number of halogens is 2. The van der Waals surface area contributed by atoms with Gasteiger partial charge >= 0.3 is 0 Å². The Morgan fingerprint density at radius 3 is 2.39 bits per heavy atom. The lowest BCUT2D eigenvalue weighted by Gasteiger charge is -2.16. The van der Waals surface area contributed by atoms with Crippen LogP contribution in [0.1, 0.15) is 24.1 Å². The fourth-order valence-electron chi connectivity index (χ4n) is 1.77. The minimum absolute atomic E-state index is 0.139. The summed E-state index contributed by atoms with van der Waals surface area (Å²) in [7, 11) is 0. The molecule has 3 heteroatoms. The number of rotatable bonds is 3. The van der Waals surface area contributed by atoms with Crippen LogP contribution in [0.15, 0.2) is 46.9 Å². The van der Waals surface area contributed by atoms with Crippen molar-refractivity contribution < 1.29 is 4.39 Å². The van der Waals surface area contributed by atoms with Crippen molar-refractivity contribution in [3.63, 3.8) is 0 Å². The van der Waals surface area contributed by atoms with Crippen molar-refractivity contribution in [2.24, 2.45) is 0 Å². The molecule has 0 bridgehead atoms. The fraction of sp³-hybridized carbons (Fsp3) is 0.200. The molecule has 0 aliphatic rings. The first-order valence-corrected chi connectivity index (χ1v) is 6.64. The molecule has 2 aromatic rings. The summed E-state index contributed by atoms with van der Waals surface area (Å²) in [5.41, 5.74) is 3.31. The van der Waals surface area contributed by atoms with Crippen LogP contribution in [-0.2, 0) is 0 Å². The van der Waals surface area contributed by atoms with Gasteiger partial charge in [0, 0.05) is 16.2 Å². The number of nitrogens with one attached hydrogen (secondary N) is 1. The van der Waals surface area contributed by atoms with E-state index in [1.807, 2.05) is 6.07 Å². The molecule has 2 rings (SSSR count). The summed E-state index contributed by atoms with van der Waals surface area (Å²) in [4.78, 5) is 0. The molecular formula is C15H15BrFN. The fourth-order valence-corrected chi connectivity index (χ4v) is 2.15. The Balaban J connectivity index is 2.13. The van der Waals surface area contributed by atoms with Gasteiger partial charge in [-0.05, 0) is 49.2 Å². The van der Waals surface area contributed by atoms with E-state index in [-0.39, 0.29) is 11.9 Å². The van der Waals surface area contributed by atoms with Crippen LogP contribution in [-0.4, -0.2) is 0 Å². The summed E-state index contributed by atoms with van der Waals surface area (Å²) in [6, 6.07) is 12.9. The summed E-state index contributed by atoms with van der Waals surface area (Å²) in [6.07, 6.45) is 0. The number of hydrogen-bond donors (Lipinski definition) is 1. The van der Waals surface area contributed by atoms with Crippen molar-refractivity contribution in [3.8, 4) is 0 Å². The highest BCUT2D eigenvalue weighted by Crippen LogP contribution is 2.24. The average Bonchev–Trinajstić information content (AvgIpc) is 2.34. The molecule has 0 aliphatic heterocycles. The second kappa shape index (κ2) is 5.53. The molecule has 2 aromatic carbocycles. The van der Waals surface area contributed by atoms with E-state index >= 15 is 0 Å². The molecule has 0 aromatic heterocycles. The second-order valence-corrected chi connectivity index (χ2v) is 5.24. The van der Waals surface area contributed by atoms with Crippen molar-refractivity contribution in [1.29, 1.82) is 0 Å². The molecule has 0 saturated carbocycles. The van der Waals surface area contributed by atoms with Crippen molar-refractivity contribution in [3.05, 3.63) is 63.9 Å². The molecule has 0 aliphatic carbocycles. The van der Waals surface area contributed by atoms with Gasteiger partial charge in [-0.3, -0.25) is 0 Å². The monoisotopic (exact) mass is 307 g/mol. The van der Waals surface area contributed by atoms with Crippen molar-refractivity contribution >= 4 is 21.6 Å². The van der Waals surface area contributed by atoms with Gasteiger partial charge in [-0.2, -0.15) is 0 Å². The van der Waals surface area contributed by atoms with E-state index in [0.717, 1.165) is 15.7 Å². The third kappa shape index (κ3) is 3.10. The van der Waals surface area contributed by atoms with Gasteiger partial charge in [-0.1, -0.05) is 34.1 Å². The number of anilines is 1. The van der Waals surface area contributed by atoms with Crippen LogP contribution in [0.5, 0.6) is 0 Å². The largest absolute Gasteiger partial charge is 0.378 e. The van der Waals surface area contributed by atoms with E-state index in [2.05, 4.69) is 47.2 Å². The van der Waals surface area contributed by atoms with Crippen LogP contribution in [0.4, 0.5) is 10.1 Å². The quantitative estimate of drug-likeness (QED) is 0.834. The molecule has 94 valence electrons. The Labute approximate surface area is 115 Å². The molecule has 0 radical (unpaired) electrons. The summed E-state index contributed by atoms with van der Waals surface area (Å²) in [5.74, 6) is -0.205. The van der Waals surface area contributed by atoms with E-state index in [4.69, 9.17) is 0 Å². The summed E-state index contributed by atoms with van der Waals surface area (Å²) in [5, 5.41) is 3.39. The van der Waals surface area contributed by atoms with E-state index in [1.165, 1.54) is 17.7 Å². The highest BCUT2D eigenvalue weighted by Gasteiger charge is 2.06. The topological polar surface area (TPSA) is 12.0 Å². The van der Waals surface area contributed by atoms with E-state index in [9.17, 15) is 4.39 Å². The maximum absolute atomic E-state index is 12.8. The minimum atomic E-state index is -0.205. The first-order valence-electron chi connectivity index (χ1n) is 5.84. The van der Waals surface area contributed by atoms with Crippen molar-refractivity contribution in [1.82, 2.24) is 0 Å². The molecule has 0 heterocycles. The highest BCUT2D eigenvalue weighted by atomic mass is 79.9. The van der Waals surface area contributed by atoms with E-state index in [1.54, 1.807) is 12.1 Å². The molecule has 1 atom stereocenters. The Kier molecular flexibility index (Phi) is 4.02. The third-order valence-electron chi connectivity index (χ3n) is 2.93. The number of hydrogen-bond acceptors (Lipinski definition) is 1. The van der Waals surface area contributed by atoms with Crippen LogP contribution >= 0.6 is 15.9 Å². The zero-order chi connectivity index (χ0) is 13.1. The van der Waals surface area contributed by atoms with Crippen molar-refractivity contribution in [2.45, 2.75) is 19.9 Å². The van der Waals surface area contributed by atoms with Gasteiger partial charge in [0.2, 0.25) is 0 Å². The maximum atomic E-state index is 12.8. The van der Waals surface area contributed by atoms with Crippen LogP contribution in [0.3, 0.4) is 0 Å².